The number of carbonyl (C=O) groups excluding carboxylic acids is 1. The Balaban J connectivity index is 2.01. The smallest absolute Gasteiger partial charge is 0.334 e. The first-order chi connectivity index (χ1) is 8.04. The molecule has 96 valence electrons. The zero-order chi connectivity index (χ0) is 12.6. The summed E-state index contributed by atoms with van der Waals surface area (Å²) in [5.74, 6) is 0. The van der Waals surface area contributed by atoms with Crippen LogP contribution in [0, 0.1) is 0 Å². The number of amides is 2. The first-order valence-corrected chi connectivity index (χ1v) is 4.98. The molecule has 0 aromatic carbocycles. The molecule has 0 spiro atoms. The number of primary amides is 1. The molecule has 0 saturated carbocycles. The SMILES string of the molecule is NC(=O)N1C=CN(C2O[C@H](CO)[C@@H](O)[C@H]2O)N1. The first kappa shape index (κ1) is 12.1. The van der Waals surface area contributed by atoms with Gasteiger partial charge < -0.3 is 25.8 Å². The average Bonchev–Trinajstić information content (AvgIpc) is 2.87. The van der Waals surface area contributed by atoms with E-state index in [1.165, 1.54) is 17.4 Å². The van der Waals surface area contributed by atoms with Crippen LogP contribution in [0.5, 0.6) is 0 Å². The van der Waals surface area contributed by atoms with E-state index >= 15 is 0 Å². The third kappa shape index (κ3) is 2.06. The lowest BCUT2D eigenvalue weighted by molar-refractivity contribution is -0.105. The molecule has 9 nitrogen and oxygen atoms in total. The summed E-state index contributed by atoms with van der Waals surface area (Å²) < 4.78 is 5.23. The van der Waals surface area contributed by atoms with Crippen LogP contribution in [0.3, 0.4) is 0 Å². The van der Waals surface area contributed by atoms with E-state index in [0.29, 0.717) is 0 Å². The fourth-order valence-electron chi connectivity index (χ4n) is 1.70. The van der Waals surface area contributed by atoms with Crippen molar-refractivity contribution in [1.29, 1.82) is 0 Å². The van der Waals surface area contributed by atoms with Gasteiger partial charge in [-0.05, 0) is 0 Å². The molecule has 0 radical (unpaired) electrons. The number of carbonyl (C=O) groups is 1. The monoisotopic (exact) mass is 246 g/mol. The second kappa shape index (κ2) is 4.47. The molecule has 2 aliphatic heterocycles. The fourth-order valence-corrected chi connectivity index (χ4v) is 1.70. The van der Waals surface area contributed by atoms with Gasteiger partial charge in [-0.15, -0.1) is 5.53 Å². The molecular formula is C8H14N4O5. The van der Waals surface area contributed by atoms with Crippen LogP contribution in [0.4, 0.5) is 4.79 Å². The van der Waals surface area contributed by atoms with Gasteiger partial charge in [0, 0.05) is 12.4 Å². The van der Waals surface area contributed by atoms with Crippen molar-refractivity contribution in [2.45, 2.75) is 24.5 Å². The highest BCUT2D eigenvalue weighted by molar-refractivity contribution is 5.72. The van der Waals surface area contributed by atoms with Crippen molar-refractivity contribution in [3.8, 4) is 0 Å². The molecule has 1 unspecified atom stereocenters. The van der Waals surface area contributed by atoms with Gasteiger partial charge in [-0.1, -0.05) is 0 Å². The highest BCUT2D eigenvalue weighted by Gasteiger charge is 2.45. The van der Waals surface area contributed by atoms with Gasteiger partial charge in [-0.2, -0.15) is 0 Å². The molecule has 2 heterocycles. The number of hydrogen-bond acceptors (Lipinski definition) is 7. The topological polar surface area (TPSA) is 132 Å². The van der Waals surface area contributed by atoms with Gasteiger partial charge in [0.1, 0.15) is 18.3 Å². The number of aliphatic hydroxyl groups excluding tert-OH is 3. The van der Waals surface area contributed by atoms with Gasteiger partial charge in [-0.3, -0.25) is 5.01 Å². The largest absolute Gasteiger partial charge is 0.394 e. The van der Waals surface area contributed by atoms with E-state index in [4.69, 9.17) is 15.6 Å². The van der Waals surface area contributed by atoms with Crippen molar-refractivity contribution in [1.82, 2.24) is 15.6 Å². The number of hydrazine groups is 2. The normalized spacial score (nSPS) is 36.9. The summed E-state index contributed by atoms with van der Waals surface area (Å²) in [6.07, 6.45) is -1.42. The van der Waals surface area contributed by atoms with Crippen LogP contribution < -0.4 is 11.3 Å². The molecule has 6 N–H and O–H groups in total. The van der Waals surface area contributed by atoms with Crippen LogP contribution in [0.1, 0.15) is 0 Å². The molecule has 0 bridgehead atoms. The molecular weight excluding hydrogens is 232 g/mol. The molecule has 1 saturated heterocycles. The molecule has 2 rings (SSSR count). The number of nitrogens with one attached hydrogen (secondary N) is 1. The van der Waals surface area contributed by atoms with Crippen LogP contribution in [0.25, 0.3) is 0 Å². The second-order valence-corrected chi connectivity index (χ2v) is 3.74. The molecule has 17 heavy (non-hydrogen) atoms. The number of ether oxygens (including phenoxy) is 1. The van der Waals surface area contributed by atoms with Gasteiger partial charge >= 0.3 is 6.03 Å². The van der Waals surface area contributed by atoms with Crippen LogP contribution >= 0.6 is 0 Å². The first-order valence-electron chi connectivity index (χ1n) is 4.98. The third-order valence-electron chi connectivity index (χ3n) is 2.63. The maximum Gasteiger partial charge on any atom is 0.334 e. The lowest BCUT2D eigenvalue weighted by Gasteiger charge is -2.27. The average molecular weight is 246 g/mol. The molecule has 2 aliphatic rings. The van der Waals surface area contributed by atoms with E-state index in [-0.39, 0.29) is 0 Å². The standard InChI is InChI=1S/C8H14N4O5/c9-8(16)12-2-1-11(10-12)7-6(15)5(14)4(3-13)17-7/h1-2,4-7,10,13-15H,3H2,(H2,9,16)/t4-,5-,6-,7?/m1/s1. The minimum absolute atomic E-state index is 0.411. The number of rotatable bonds is 2. The Labute approximate surface area is 96.6 Å². The highest BCUT2D eigenvalue weighted by Crippen LogP contribution is 2.24. The minimum Gasteiger partial charge on any atom is -0.394 e. The van der Waals surface area contributed by atoms with E-state index in [9.17, 15) is 15.0 Å². The summed E-state index contributed by atoms with van der Waals surface area (Å²) in [4.78, 5) is 10.8. The summed E-state index contributed by atoms with van der Waals surface area (Å²) in [7, 11) is 0. The number of aliphatic hydroxyl groups is 3. The Morgan fingerprint density at radius 2 is 2.12 bits per heavy atom. The fraction of sp³-hybridized carbons (Fsp3) is 0.625. The molecule has 0 aromatic heterocycles. The quantitative estimate of drug-likeness (QED) is 0.351. The maximum atomic E-state index is 10.8. The van der Waals surface area contributed by atoms with Crippen molar-refractivity contribution in [3.63, 3.8) is 0 Å². The highest BCUT2D eigenvalue weighted by atomic mass is 16.6. The van der Waals surface area contributed by atoms with Crippen LogP contribution in [-0.2, 0) is 4.74 Å². The van der Waals surface area contributed by atoms with E-state index in [0.717, 1.165) is 5.01 Å². The Morgan fingerprint density at radius 3 is 2.59 bits per heavy atom. The van der Waals surface area contributed by atoms with Crippen molar-refractivity contribution in [3.05, 3.63) is 12.4 Å². The number of nitrogens with two attached hydrogens (primary N) is 1. The Hall–Kier alpha value is -1.39. The summed E-state index contributed by atoms with van der Waals surface area (Å²) in [5, 5.41) is 30.4. The zero-order valence-corrected chi connectivity index (χ0v) is 8.80. The van der Waals surface area contributed by atoms with Gasteiger partial charge in [-0.25, -0.2) is 9.80 Å². The third-order valence-corrected chi connectivity index (χ3v) is 2.63. The van der Waals surface area contributed by atoms with E-state index in [1.54, 1.807) is 0 Å². The van der Waals surface area contributed by atoms with Crippen molar-refractivity contribution >= 4 is 6.03 Å². The Morgan fingerprint density at radius 1 is 1.41 bits per heavy atom. The predicted molar refractivity (Wildman–Crippen MR) is 53.3 cm³/mol. The Bertz CT molecular complexity index is 338. The molecule has 2 amide bonds. The molecule has 9 heteroatoms. The number of urea groups is 1. The zero-order valence-electron chi connectivity index (χ0n) is 8.80. The summed E-state index contributed by atoms with van der Waals surface area (Å²) in [6, 6.07) is -0.726. The maximum absolute atomic E-state index is 10.8. The molecule has 0 aromatic rings. The van der Waals surface area contributed by atoms with E-state index in [1.807, 2.05) is 0 Å². The van der Waals surface area contributed by atoms with Crippen molar-refractivity contribution in [2.75, 3.05) is 6.61 Å². The molecule has 1 fully saturated rings. The van der Waals surface area contributed by atoms with Gasteiger partial charge in [0.2, 0.25) is 0 Å². The van der Waals surface area contributed by atoms with Gasteiger partial charge in [0.15, 0.2) is 6.23 Å². The molecule has 0 aliphatic carbocycles. The van der Waals surface area contributed by atoms with E-state index < -0.39 is 37.2 Å². The molecule has 4 atom stereocenters. The van der Waals surface area contributed by atoms with Crippen molar-refractivity contribution < 1.29 is 24.9 Å². The van der Waals surface area contributed by atoms with Crippen LogP contribution in [0.15, 0.2) is 12.4 Å². The van der Waals surface area contributed by atoms with Crippen LogP contribution in [-0.4, -0.2) is 62.5 Å². The predicted octanol–water partition coefficient (Wildman–Crippen LogP) is -2.99. The lowest BCUT2D eigenvalue weighted by Crippen LogP contribution is -2.52. The summed E-state index contributed by atoms with van der Waals surface area (Å²) in [6.45, 7) is -0.411. The number of hydrogen-bond donors (Lipinski definition) is 5. The summed E-state index contributed by atoms with van der Waals surface area (Å²) in [5.41, 5.74) is 7.56. The number of nitrogens with zero attached hydrogens (tertiary/aromatic N) is 2. The van der Waals surface area contributed by atoms with Gasteiger partial charge in [0.05, 0.1) is 6.61 Å². The Kier molecular flexibility index (Phi) is 3.17. The second-order valence-electron chi connectivity index (χ2n) is 3.74. The van der Waals surface area contributed by atoms with Crippen molar-refractivity contribution in [2.24, 2.45) is 5.73 Å². The summed E-state index contributed by atoms with van der Waals surface area (Å²) >= 11 is 0. The lowest BCUT2D eigenvalue weighted by atomic mass is 10.1. The van der Waals surface area contributed by atoms with Gasteiger partial charge in [0.25, 0.3) is 0 Å². The van der Waals surface area contributed by atoms with Crippen LogP contribution in [0.2, 0.25) is 0 Å². The minimum atomic E-state index is -1.21. The van der Waals surface area contributed by atoms with E-state index in [2.05, 4.69) is 5.53 Å².